The van der Waals surface area contributed by atoms with Crippen molar-refractivity contribution in [1.29, 1.82) is 0 Å². The van der Waals surface area contributed by atoms with Gasteiger partial charge in [0.15, 0.2) is 5.76 Å². The molecule has 0 amide bonds. The van der Waals surface area contributed by atoms with Gasteiger partial charge in [-0.2, -0.15) is 0 Å². The van der Waals surface area contributed by atoms with Crippen molar-refractivity contribution in [3.8, 4) is 17.2 Å². The number of rotatable bonds is 5. The van der Waals surface area contributed by atoms with Gasteiger partial charge in [-0.05, 0) is 42.0 Å². The van der Waals surface area contributed by atoms with Gasteiger partial charge in [-0.15, -0.1) is 0 Å². The number of hydrogen-bond acceptors (Lipinski definition) is 4. The molecule has 0 spiro atoms. The maximum absolute atomic E-state index is 12.9. The van der Waals surface area contributed by atoms with Crippen LogP contribution in [0.5, 0.6) is 17.2 Å². The number of allylic oxidation sites excluding steroid dienone is 1. The summed E-state index contributed by atoms with van der Waals surface area (Å²) in [5.74, 6) is 2.13. The second kappa shape index (κ2) is 7.69. The Morgan fingerprint density at radius 2 is 1.87 bits per heavy atom. The van der Waals surface area contributed by atoms with Crippen LogP contribution in [-0.2, 0) is 13.7 Å². The Morgan fingerprint density at radius 3 is 2.74 bits per heavy atom. The molecule has 0 saturated heterocycles. The van der Waals surface area contributed by atoms with Gasteiger partial charge in [0.2, 0.25) is 5.78 Å². The average molecular weight is 411 g/mol. The summed E-state index contributed by atoms with van der Waals surface area (Å²) in [5.41, 5.74) is 3.59. The van der Waals surface area contributed by atoms with Crippen molar-refractivity contribution >= 4 is 22.8 Å². The van der Waals surface area contributed by atoms with Crippen LogP contribution in [0, 0.1) is 0 Å². The van der Waals surface area contributed by atoms with E-state index in [9.17, 15) is 4.79 Å². The van der Waals surface area contributed by atoms with Crippen LogP contribution >= 0.6 is 0 Å². The summed E-state index contributed by atoms with van der Waals surface area (Å²) >= 11 is 0. The van der Waals surface area contributed by atoms with Crippen LogP contribution in [-0.4, -0.2) is 17.5 Å². The van der Waals surface area contributed by atoms with Crippen LogP contribution in [0.4, 0.5) is 0 Å². The van der Waals surface area contributed by atoms with Gasteiger partial charge in [-0.3, -0.25) is 4.79 Å². The largest absolute Gasteiger partial charge is 0.497 e. The molecule has 31 heavy (non-hydrogen) atoms. The Kier molecular flexibility index (Phi) is 4.71. The molecule has 154 valence electrons. The molecule has 0 unspecified atom stereocenters. The van der Waals surface area contributed by atoms with Gasteiger partial charge in [0.1, 0.15) is 23.9 Å². The highest BCUT2D eigenvalue weighted by Gasteiger charge is 2.28. The topological polar surface area (TPSA) is 49.7 Å². The van der Waals surface area contributed by atoms with E-state index in [2.05, 4.69) is 6.07 Å². The maximum Gasteiger partial charge on any atom is 0.231 e. The molecule has 0 radical (unpaired) electrons. The predicted molar refractivity (Wildman–Crippen MR) is 120 cm³/mol. The van der Waals surface area contributed by atoms with Crippen molar-refractivity contribution in [3.63, 3.8) is 0 Å². The maximum atomic E-state index is 12.9. The number of ketones is 1. The average Bonchev–Trinajstić information content (AvgIpc) is 3.29. The number of hydrogen-bond donors (Lipinski definition) is 0. The minimum absolute atomic E-state index is 0.123. The van der Waals surface area contributed by atoms with E-state index < -0.39 is 0 Å². The summed E-state index contributed by atoms with van der Waals surface area (Å²) in [4.78, 5) is 12.9. The number of fused-ring (bicyclic) bond motifs is 2. The van der Waals surface area contributed by atoms with Crippen LogP contribution in [0.3, 0.4) is 0 Å². The lowest BCUT2D eigenvalue weighted by atomic mass is 10.1. The van der Waals surface area contributed by atoms with Crippen LogP contribution in [0.15, 0.2) is 78.7 Å². The number of carbonyl (C=O) groups excluding carboxylic acids is 1. The van der Waals surface area contributed by atoms with E-state index in [1.807, 2.05) is 60.3 Å². The van der Waals surface area contributed by atoms with Crippen molar-refractivity contribution in [2.75, 3.05) is 7.11 Å². The molecule has 4 aromatic rings. The zero-order valence-electron chi connectivity index (χ0n) is 17.3. The normalized spacial score (nSPS) is 14.0. The Labute approximate surface area is 180 Å². The molecule has 5 nitrogen and oxygen atoms in total. The van der Waals surface area contributed by atoms with E-state index >= 15 is 0 Å². The zero-order valence-corrected chi connectivity index (χ0v) is 17.3. The first kappa shape index (κ1) is 19.0. The van der Waals surface area contributed by atoms with Gasteiger partial charge >= 0.3 is 0 Å². The molecule has 2 heterocycles. The fourth-order valence-corrected chi connectivity index (χ4v) is 3.82. The number of carbonyl (C=O) groups is 1. The number of methoxy groups -OCH3 is 1. The SMILES string of the molecule is COc1cccc(COc2ccc3c(c2)OC(=Cc2cn(C)c4ccccc24)C3=O)c1. The van der Waals surface area contributed by atoms with Crippen molar-refractivity contribution in [2.24, 2.45) is 7.05 Å². The van der Waals surface area contributed by atoms with Crippen LogP contribution in [0.25, 0.3) is 17.0 Å². The number of nitrogens with zero attached hydrogens (tertiary/aromatic N) is 1. The first-order valence-electron chi connectivity index (χ1n) is 10.0. The molecule has 0 aliphatic carbocycles. The van der Waals surface area contributed by atoms with Crippen molar-refractivity contribution in [2.45, 2.75) is 6.61 Å². The third kappa shape index (κ3) is 3.55. The number of para-hydroxylation sites is 1. The summed E-state index contributed by atoms with van der Waals surface area (Å²) in [7, 11) is 3.63. The van der Waals surface area contributed by atoms with Gasteiger partial charge in [-0.1, -0.05) is 30.3 Å². The molecule has 5 rings (SSSR count). The lowest BCUT2D eigenvalue weighted by Crippen LogP contribution is -1.98. The smallest absolute Gasteiger partial charge is 0.231 e. The summed E-state index contributed by atoms with van der Waals surface area (Å²) in [6.45, 7) is 0.392. The monoisotopic (exact) mass is 411 g/mol. The molecule has 0 saturated carbocycles. The quantitative estimate of drug-likeness (QED) is 0.414. The van der Waals surface area contributed by atoms with Crippen LogP contribution in [0.1, 0.15) is 21.5 Å². The highest BCUT2D eigenvalue weighted by atomic mass is 16.5. The van der Waals surface area contributed by atoms with Crippen LogP contribution < -0.4 is 14.2 Å². The first-order chi connectivity index (χ1) is 15.1. The highest BCUT2D eigenvalue weighted by molar-refractivity contribution is 6.15. The minimum atomic E-state index is -0.123. The number of ether oxygens (including phenoxy) is 3. The molecule has 1 aromatic heterocycles. The van der Waals surface area contributed by atoms with Crippen molar-refractivity contribution in [3.05, 3.63) is 95.4 Å². The highest BCUT2D eigenvalue weighted by Crippen LogP contribution is 2.36. The molecule has 0 bridgehead atoms. The van der Waals surface area contributed by atoms with E-state index in [1.165, 1.54) is 0 Å². The van der Waals surface area contributed by atoms with E-state index in [4.69, 9.17) is 14.2 Å². The molecule has 0 fully saturated rings. The fraction of sp³-hybridized carbons (Fsp3) is 0.115. The Bertz CT molecular complexity index is 1330. The molecule has 1 aliphatic rings. The lowest BCUT2D eigenvalue weighted by Gasteiger charge is -2.08. The van der Waals surface area contributed by atoms with Crippen LogP contribution in [0.2, 0.25) is 0 Å². The summed E-state index contributed by atoms with van der Waals surface area (Å²) in [6, 6.07) is 21.1. The molecule has 0 atom stereocenters. The second-order valence-electron chi connectivity index (χ2n) is 7.45. The Morgan fingerprint density at radius 1 is 1.00 bits per heavy atom. The summed E-state index contributed by atoms with van der Waals surface area (Å²) in [6.07, 6.45) is 3.81. The lowest BCUT2D eigenvalue weighted by molar-refractivity contribution is 0.101. The zero-order chi connectivity index (χ0) is 21.4. The number of Topliss-reactive ketones (excluding diaryl/α,β-unsaturated/α-hetero) is 1. The van der Waals surface area contributed by atoms with E-state index in [1.54, 1.807) is 31.4 Å². The van der Waals surface area contributed by atoms with Crippen molar-refractivity contribution < 1.29 is 19.0 Å². The van der Waals surface area contributed by atoms with Gasteiger partial charge in [0, 0.05) is 35.8 Å². The third-order valence-corrected chi connectivity index (χ3v) is 5.40. The summed E-state index contributed by atoms with van der Waals surface area (Å²) in [5, 5.41) is 1.08. The molecule has 3 aromatic carbocycles. The van der Waals surface area contributed by atoms with E-state index in [-0.39, 0.29) is 5.78 Å². The van der Waals surface area contributed by atoms with Gasteiger partial charge in [-0.25, -0.2) is 0 Å². The van der Waals surface area contributed by atoms with Gasteiger partial charge in [0.05, 0.1) is 12.7 Å². The van der Waals surface area contributed by atoms with Gasteiger partial charge in [0.25, 0.3) is 0 Å². The van der Waals surface area contributed by atoms with E-state index in [0.29, 0.717) is 29.4 Å². The summed E-state index contributed by atoms with van der Waals surface area (Å²) < 4.78 is 19.1. The third-order valence-electron chi connectivity index (χ3n) is 5.40. The molecule has 5 heteroatoms. The predicted octanol–water partition coefficient (Wildman–Crippen LogP) is 5.38. The van der Waals surface area contributed by atoms with Gasteiger partial charge < -0.3 is 18.8 Å². The minimum Gasteiger partial charge on any atom is -0.497 e. The first-order valence-corrected chi connectivity index (χ1v) is 10.0. The van der Waals surface area contributed by atoms with Crippen molar-refractivity contribution in [1.82, 2.24) is 4.57 Å². The molecule has 0 N–H and O–H groups in total. The molecule has 1 aliphatic heterocycles. The molecular weight excluding hydrogens is 390 g/mol. The Hall–Kier alpha value is -3.99. The number of aryl methyl sites for hydroxylation is 1. The Balaban J connectivity index is 1.37. The van der Waals surface area contributed by atoms with E-state index in [0.717, 1.165) is 27.8 Å². The number of benzene rings is 3. The number of aromatic nitrogens is 1. The standard InChI is InChI=1S/C26H21NO4/c1-27-15-18(21-8-3-4-9-23(21)27)13-25-26(28)22-11-10-20(14-24(22)31-25)30-16-17-6-5-7-19(12-17)29-2/h3-15H,16H2,1-2H3. The fourth-order valence-electron chi connectivity index (χ4n) is 3.82. The second-order valence-corrected chi connectivity index (χ2v) is 7.45. The molecular formula is C26H21NO4.